The van der Waals surface area contributed by atoms with E-state index >= 15 is 0 Å². The molecule has 0 amide bonds. The lowest BCUT2D eigenvalue weighted by molar-refractivity contribution is 0.297. The summed E-state index contributed by atoms with van der Waals surface area (Å²) < 4.78 is 18.8. The highest BCUT2D eigenvalue weighted by atomic mass is 19.1. The number of alkyl halides is 1. The van der Waals surface area contributed by atoms with Gasteiger partial charge in [-0.3, -0.25) is 0 Å². The van der Waals surface area contributed by atoms with E-state index in [0.29, 0.717) is 31.0 Å². The summed E-state index contributed by atoms with van der Waals surface area (Å²) in [5, 5.41) is 0. The molecule has 0 spiro atoms. The van der Waals surface area contributed by atoms with Gasteiger partial charge < -0.3 is 4.74 Å². The Hall–Kier alpha value is -1.97. The zero-order chi connectivity index (χ0) is 17.9. The molecule has 1 aromatic heterocycles. The molecule has 1 heterocycles. The predicted molar refractivity (Wildman–Crippen MR) is 101 cm³/mol. The van der Waals surface area contributed by atoms with Crippen LogP contribution in [0.5, 0.6) is 5.75 Å². The van der Waals surface area contributed by atoms with Crippen LogP contribution in [-0.4, -0.2) is 22.7 Å². The molecule has 0 aliphatic heterocycles. The second kappa shape index (κ2) is 10.8. The van der Waals surface area contributed by atoms with Crippen LogP contribution in [0.4, 0.5) is 4.39 Å². The number of rotatable bonds is 11. The third-order valence-corrected chi connectivity index (χ3v) is 4.28. The van der Waals surface area contributed by atoms with E-state index < -0.39 is 6.17 Å². The number of unbranched alkanes of at least 4 members (excludes halogenated alkanes) is 2. The van der Waals surface area contributed by atoms with Gasteiger partial charge in [-0.2, -0.15) is 0 Å². The lowest BCUT2D eigenvalue weighted by Gasteiger charge is -2.07. The number of ether oxygens (including phenoxy) is 1. The Morgan fingerprint density at radius 3 is 2.36 bits per heavy atom. The summed E-state index contributed by atoms with van der Waals surface area (Å²) in [5.41, 5.74) is 2.27. The summed E-state index contributed by atoms with van der Waals surface area (Å²) in [6, 6.07) is 8.31. The fourth-order valence-corrected chi connectivity index (χ4v) is 2.59. The van der Waals surface area contributed by atoms with Crippen molar-refractivity contribution in [3.05, 3.63) is 42.2 Å². The van der Waals surface area contributed by atoms with Crippen LogP contribution in [0, 0.1) is 0 Å². The number of aromatic nitrogens is 2. The Balaban J connectivity index is 1.82. The molecule has 0 fully saturated rings. The third-order valence-electron chi connectivity index (χ3n) is 4.28. The maximum absolute atomic E-state index is 13.2. The van der Waals surface area contributed by atoms with Crippen LogP contribution in [0.3, 0.4) is 0 Å². The molecule has 4 heteroatoms. The molecule has 0 N–H and O–H groups in total. The number of benzene rings is 1. The molecule has 1 atom stereocenters. The summed E-state index contributed by atoms with van der Waals surface area (Å²) >= 11 is 0. The average molecular weight is 344 g/mol. The highest BCUT2D eigenvalue weighted by molar-refractivity contribution is 5.55. The molecule has 25 heavy (non-hydrogen) atoms. The number of hydrogen-bond acceptors (Lipinski definition) is 3. The van der Waals surface area contributed by atoms with Crippen LogP contribution in [0.1, 0.15) is 57.9 Å². The fraction of sp³-hybridized carbons (Fsp3) is 0.524. The van der Waals surface area contributed by atoms with Crippen molar-refractivity contribution in [2.45, 2.75) is 65.0 Å². The molecule has 1 aromatic carbocycles. The summed E-state index contributed by atoms with van der Waals surface area (Å²) in [7, 11) is 0. The van der Waals surface area contributed by atoms with Gasteiger partial charge >= 0.3 is 0 Å². The van der Waals surface area contributed by atoms with Crippen molar-refractivity contribution >= 4 is 0 Å². The van der Waals surface area contributed by atoms with Crippen molar-refractivity contribution in [1.29, 1.82) is 0 Å². The number of hydrogen-bond donors (Lipinski definition) is 0. The van der Waals surface area contributed by atoms with Gasteiger partial charge in [0, 0.05) is 5.56 Å². The van der Waals surface area contributed by atoms with Crippen LogP contribution in [-0.2, 0) is 6.42 Å². The smallest absolute Gasteiger partial charge is 0.159 e. The average Bonchev–Trinajstić information content (AvgIpc) is 2.66. The number of nitrogens with zero attached hydrogens (tertiary/aromatic N) is 2. The Morgan fingerprint density at radius 1 is 1.00 bits per heavy atom. The van der Waals surface area contributed by atoms with Crippen molar-refractivity contribution in [3.63, 3.8) is 0 Å². The summed E-state index contributed by atoms with van der Waals surface area (Å²) in [4.78, 5) is 8.77. The largest absolute Gasteiger partial charge is 0.490 e. The summed E-state index contributed by atoms with van der Waals surface area (Å²) in [6.45, 7) is 4.74. The van der Waals surface area contributed by atoms with Crippen molar-refractivity contribution in [3.8, 4) is 17.1 Å². The van der Waals surface area contributed by atoms with Crippen LogP contribution in [0.2, 0.25) is 0 Å². The van der Waals surface area contributed by atoms with Crippen LogP contribution in [0.15, 0.2) is 36.7 Å². The van der Waals surface area contributed by atoms with Gasteiger partial charge in [-0.25, -0.2) is 14.4 Å². The fourth-order valence-electron chi connectivity index (χ4n) is 2.59. The van der Waals surface area contributed by atoms with E-state index in [1.54, 1.807) is 12.4 Å². The highest BCUT2D eigenvalue weighted by Crippen LogP contribution is 2.19. The Labute approximate surface area is 150 Å². The zero-order valence-corrected chi connectivity index (χ0v) is 15.4. The van der Waals surface area contributed by atoms with E-state index in [0.717, 1.165) is 37.7 Å². The first-order valence-electron chi connectivity index (χ1n) is 9.41. The summed E-state index contributed by atoms with van der Waals surface area (Å²) in [5.74, 6) is 1.42. The van der Waals surface area contributed by atoms with E-state index in [2.05, 4.69) is 29.0 Å². The molecule has 3 nitrogen and oxygen atoms in total. The molecule has 2 rings (SSSR count). The monoisotopic (exact) mass is 344 g/mol. The minimum absolute atomic E-state index is 0.622. The van der Waals surface area contributed by atoms with Gasteiger partial charge in [-0.1, -0.05) is 51.0 Å². The zero-order valence-electron chi connectivity index (χ0n) is 15.4. The van der Waals surface area contributed by atoms with Gasteiger partial charge in [-0.15, -0.1) is 0 Å². The predicted octanol–water partition coefficient (Wildman–Crippen LogP) is 5.78. The first-order chi connectivity index (χ1) is 12.2. The molecule has 0 saturated carbocycles. The Morgan fingerprint density at radius 2 is 1.72 bits per heavy atom. The highest BCUT2D eigenvalue weighted by Gasteiger charge is 2.04. The second-order valence-corrected chi connectivity index (χ2v) is 6.39. The molecular weight excluding hydrogens is 315 g/mol. The van der Waals surface area contributed by atoms with Crippen LogP contribution >= 0.6 is 0 Å². The molecular formula is C21H29FN2O. The normalized spacial score (nSPS) is 12.1. The van der Waals surface area contributed by atoms with Crippen molar-refractivity contribution in [2.24, 2.45) is 0 Å². The minimum Gasteiger partial charge on any atom is -0.490 e. The Kier molecular flexibility index (Phi) is 8.36. The molecule has 0 bridgehead atoms. The quantitative estimate of drug-likeness (QED) is 0.484. The topological polar surface area (TPSA) is 35.0 Å². The van der Waals surface area contributed by atoms with Gasteiger partial charge in [0.05, 0.1) is 25.2 Å². The molecule has 0 aliphatic rings. The number of aryl methyl sites for hydroxylation is 1. The minimum atomic E-state index is -0.645. The SMILES string of the molecule is CCCCOc1cnc(-c2ccc(CCCCC(F)CC)cc2)nc1. The van der Waals surface area contributed by atoms with Gasteiger partial charge in [0.2, 0.25) is 0 Å². The second-order valence-electron chi connectivity index (χ2n) is 6.39. The standard InChI is InChI=1S/C21H29FN2O/c1-3-5-14-25-20-15-23-21(24-16-20)18-12-10-17(11-13-18)8-6-7-9-19(22)4-2/h10-13,15-16,19H,3-9,14H2,1-2H3. The molecule has 1 unspecified atom stereocenters. The van der Waals surface area contributed by atoms with Crippen molar-refractivity contribution in [2.75, 3.05) is 6.61 Å². The van der Waals surface area contributed by atoms with Crippen LogP contribution < -0.4 is 4.74 Å². The maximum atomic E-state index is 13.2. The maximum Gasteiger partial charge on any atom is 0.159 e. The van der Waals surface area contributed by atoms with E-state index in [4.69, 9.17) is 4.74 Å². The molecule has 136 valence electrons. The van der Waals surface area contributed by atoms with E-state index in [1.807, 2.05) is 19.1 Å². The molecule has 0 radical (unpaired) electrons. The third kappa shape index (κ3) is 6.81. The van der Waals surface area contributed by atoms with Gasteiger partial charge in [0.15, 0.2) is 11.6 Å². The lowest BCUT2D eigenvalue weighted by atomic mass is 10.0. The Bertz CT molecular complexity index is 598. The van der Waals surface area contributed by atoms with E-state index in [9.17, 15) is 4.39 Å². The molecule has 2 aromatic rings. The van der Waals surface area contributed by atoms with Crippen molar-refractivity contribution in [1.82, 2.24) is 9.97 Å². The lowest BCUT2D eigenvalue weighted by Crippen LogP contribution is -1.98. The summed E-state index contributed by atoms with van der Waals surface area (Å²) in [6.07, 6.45) is 9.22. The van der Waals surface area contributed by atoms with E-state index in [1.165, 1.54) is 5.56 Å². The molecule has 0 aliphatic carbocycles. The van der Waals surface area contributed by atoms with Gasteiger partial charge in [0.1, 0.15) is 0 Å². The first kappa shape index (κ1) is 19.4. The van der Waals surface area contributed by atoms with E-state index in [-0.39, 0.29) is 0 Å². The van der Waals surface area contributed by atoms with Crippen LogP contribution in [0.25, 0.3) is 11.4 Å². The van der Waals surface area contributed by atoms with Gasteiger partial charge in [0.25, 0.3) is 0 Å². The van der Waals surface area contributed by atoms with Gasteiger partial charge in [-0.05, 0) is 37.7 Å². The van der Waals surface area contributed by atoms with Crippen molar-refractivity contribution < 1.29 is 9.13 Å². The molecule has 0 saturated heterocycles. The number of halogens is 1. The first-order valence-corrected chi connectivity index (χ1v) is 9.41.